The van der Waals surface area contributed by atoms with Gasteiger partial charge in [-0.2, -0.15) is 13.2 Å². The number of rotatable bonds is 12. The molecule has 2 N–H and O–H groups in total. The van der Waals surface area contributed by atoms with Crippen LogP contribution in [0.25, 0.3) is 38.2 Å². The van der Waals surface area contributed by atoms with Crippen LogP contribution in [-0.2, 0) is 27.0 Å². The van der Waals surface area contributed by atoms with Crippen molar-refractivity contribution >= 4 is 68.9 Å². The minimum Gasteiger partial charge on any atom is -0.488 e. The van der Waals surface area contributed by atoms with Crippen LogP contribution in [0.3, 0.4) is 0 Å². The van der Waals surface area contributed by atoms with Crippen LogP contribution in [0.5, 0.6) is 17.2 Å². The number of carbonyl (C=O) groups excluding carboxylic acids is 1. The van der Waals surface area contributed by atoms with E-state index in [1.54, 1.807) is 18.0 Å². The lowest BCUT2D eigenvalue weighted by Gasteiger charge is -2.24. The third-order valence-corrected chi connectivity index (χ3v) is 15.9. The molecule has 392 valence electrons. The largest absolute Gasteiger partial charge is 0.488 e. The van der Waals surface area contributed by atoms with Crippen molar-refractivity contribution < 1.29 is 52.0 Å². The monoisotopic (exact) mass is 1080 g/mol. The van der Waals surface area contributed by atoms with E-state index in [-0.39, 0.29) is 24.4 Å². The predicted octanol–water partition coefficient (Wildman–Crippen LogP) is 13.4. The zero-order chi connectivity index (χ0) is 54.4. The summed E-state index contributed by atoms with van der Waals surface area (Å²) < 4.78 is 59.2. The number of benzene rings is 7. The molecule has 8 aromatic rings. The molecule has 3 atom stereocenters. The van der Waals surface area contributed by atoms with Gasteiger partial charge in [0, 0.05) is 41.0 Å². The standard InChI is InChI=1S/C33H27NO6S.C26H18F3NO3S.C2H6/c1-34-30(33(36)37)31(22-9-3-2-4-10-22)41-32(34)29(23-14-15-27-28(18-23)40-20-39-27)24(16-17-35)19-38-26-13-7-11-21-8-5-6-12-25(21)26;27-26(28,29)19-9-4-8-17(12-19)23-18(11-16-7-3-6-15-5-1-2-10-20(15)16)13-22(31)30-21(25(32)33)14-34-24(23)30;1-2/h2-18,30-31H,19-20H2,1H3,(H,36,37);1-10,12-13,21H,11,14H2,(H,32,33);1-2H3/b24-16-,32-29+;;. The van der Waals surface area contributed by atoms with Gasteiger partial charge in [0.1, 0.15) is 30.7 Å². The molecule has 1 aromatic heterocycles. The molecule has 0 saturated carbocycles. The van der Waals surface area contributed by atoms with E-state index in [9.17, 15) is 42.6 Å². The minimum absolute atomic E-state index is 0.0855. The quantitative estimate of drug-likeness (QED) is 0.0887. The number of alkyl halides is 3. The number of aliphatic carboxylic acids is 2. The van der Waals surface area contributed by atoms with E-state index in [2.05, 4.69) is 0 Å². The van der Waals surface area contributed by atoms with Crippen molar-refractivity contribution in [3.63, 3.8) is 0 Å². The lowest BCUT2D eigenvalue weighted by molar-refractivity contribution is -0.142. The number of thioether (sulfide) groups is 2. The van der Waals surface area contributed by atoms with E-state index in [1.165, 1.54) is 46.3 Å². The van der Waals surface area contributed by atoms with Gasteiger partial charge < -0.3 is 29.3 Å². The smallest absolute Gasteiger partial charge is 0.416 e. The number of nitrogens with zero attached hydrogens (tertiary/aromatic N) is 2. The first kappa shape index (κ1) is 53.6. The average Bonchev–Trinajstić information content (AvgIpc) is 4.23. The number of carboxylic acids is 2. The van der Waals surface area contributed by atoms with Crippen LogP contribution in [0.4, 0.5) is 13.2 Å². The molecule has 4 heterocycles. The van der Waals surface area contributed by atoms with Crippen molar-refractivity contribution in [3.8, 4) is 28.4 Å². The van der Waals surface area contributed by atoms with Crippen LogP contribution in [-0.4, -0.2) is 70.1 Å². The summed E-state index contributed by atoms with van der Waals surface area (Å²) in [4.78, 5) is 51.1. The number of hydrogen-bond acceptors (Lipinski definition) is 10. The fourth-order valence-electron chi connectivity index (χ4n) is 9.73. The van der Waals surface area contributed by atoms with Gasteiger partial charge in [-0.3, -0.25) is 14.2 Å². The Bertz CT molecular complexity index is 3640. The van der Waals surface area contributed by atoms with Crippen molar-refractivity contribution in [2.24, 2.45) is 0 Å². The second-order valence-electron chi connectivity index (χ2n) is 17.8. The second kappa shape index (κ2) is 23.4. The fourth-order valence-corrected chi connectivity index (χ4v) is 12.7. The van der Waals surface area contributed by atoms with Crippen LogP contribution >= 0.6 is 23.5 Å². The number of hydrogen-bond donors (Lipinski definition) is 2. The molecule has 7 aromatic carbocycles. The highest BCUT2D eigenvalue weighted by Crippen LogP contribution is 2.52. The number of carboxylic acid groups (broad SMARTS) is 2. The van der Waals surface area contributed by atoms with Crippen LogP contribution in [0.1, 0.15) is 53.0 Å². The molecule has 11 nitrogen and oxygen atoms in total. The number of aromatic nitrogens is 1. The summed E-state index contributed by atoms with van der Waals surface area (Å²) in [6.45, 7) is 4.21. The van der Waals surface area contributed by atoms with Gasteiger partial charge >= 0.3 is 18.1 Å². The number of likely N-dealkylation sites (N-methyl/N-ethyl adjacent to an activating group) is 1. The molecule has 1 saturated heterocycles. The Hall–Kier alpha value is -8.21. The SMILES string of the molecule is CC.CN1/C(=C(\C(=C/C=O)COc2cccc3ccccc23)c2ccc3c(c2)OCO3)SC(c2ccccc2)C1C(=O)O.O=C(O)C1CSc2c(-c3cccc(C(F)(F)F)c3)c(Cc3cccc4ccccc34)cc(=O)n21. The van der Waals surface area contributed by atoms with Crippen molar-refractivity contribution in [1.29, 1.82) is 0 Å². The van der Waals surface area contributed by atoms with Crippen LogP contribution < -0.4 is 19.8 Å². The molecule has 3 unspecified atom stereocenters. The van der Waals surface area contributed by atoms with Crippen LogP contribution in [0, 0.1) is 0 Å². The summed E-state index contributed by atoms with van der Waals surface area (Å²) in [5.74, 6) is -0.0427. The van der Waals surface area contributed by atoms with E-state index >= 15 is 0 Å². The summed E-state index contributed by atoms with van der Waals surface area (Å²) in [5, 5.41) is 24.6. The van der Waals surface area contributed by atoms with Gasteiger partial charge in [-0.1, -0.05) is 153 Å². The predicted molar refractivity (Wildman–Crippen MR) is 296 cm³/mol. The molecule has 1 fully saturated rings. The highest BCUT2D eigenvalue weighted by Gasteiger charge is 2.44. The maximum absolute atomic E-state index is 13.5. The van der Waals surface area contributed by atoms with Crippen molar-refractivity contribution in [1.82, 2.24) is 9.47 Å². The maximum Gasteiger partial charge on any atom is 0.416 e. The zero-order valence-electron chi connectivity index (χ0n) is 41.9. The van der Waals surface area contributed by atoms with Gasteiger partial charge in [0.25, 0.3) is 5.56 Å². The molecular formula is C61H51F3N2O9S2. The molecule has 0 spiro atoms. The number of carbonyl (C=O) groups is 3. The number of pyridine rings is 1. The average molecular weight is 1080 g/mol. The van der Waals surface area contributed by atoms with E-state index in [1.807, 2.05) is 147 Å². The van der Waals surface area contributed by atoms with Gasteiger partial charge in [0.05, 0.1) is 20.9 Å². The lowest BCUT2D eigenvalue weighted by atomic mass is 9.93. The molecular weight excluding hydrogens is 1030 g/mol. The zero-order valence-corrected chi connectivity index (χ0v) is 43.5. The number of fused-ring (bicyclic) bond motifs is 4. The first-order valence-corrected chi connectivity index (χ1v) is 26.5. The minimum atomic E-state index is -4.53. The summed E-state index contributed by atoms with van der Waals surface area (Å²) in [7, 11) is 1.78. The summed E-state index contributed by atoms with van der Waals surface area (Å²) in [5.41, 5.74) is 3.95. The van der Waals surface area contributed by atoms with Crippen LogP contribution in [0.2, 0.25) is 0 Å². The molecule has 0 amide bonds. The van der Waals surface area contributed by atoms with E-state index in [0.717, 1.165) is 61.7 Å². The molecule has 0 aliphatic carbocycles. The third-order valence-electron chi connectivity index (χ3n) is 13.2. The Labute approximate surface area is 450 Å². The molecule has 0 bridgehead atoms. The van der Waals surface area contributed by atoms with Crippen molar-refractivity contribution in [3.05, 3.63) is 219 Å². The van der Waals surface area contributed by atoms with Crippen molar-refractivity contribution in [2.45, 2.75) is 48.8 Å². The highest BCUT2D eigenvalue weighted by atomic mass is 32.2. The third kappa shape index (κ3) is 11.2. The number of aldehydes is 1. The Morgan fingerprint density at radius 3 is 2.13 bits per heavy atom. The first-order chi connectivity index (χ1) is 37.3. The second-order valence-corrected chi connectivity index (χ2v) is 19.9. The Kier molecular flexibility index (Phi) is 16.3. The number of allylic oxidation sites excluding steroid dienone is 1. The van der Waals surface area contributed by atoms with Crippen molar-refractivity contribution in [2.75, 3.05) is 26.2 Å². The fraction of sp³-hybridized carbons (Fsp3) is 0.180. The van der Waals surface area contributed by atoms with Gasteiger partial charge in [-0.15, -0.1) is 11.8 Å². The summed E-state index contributed by atoms with van der Waals surface area (Å²) >= 11 is 2.65. The number of ether oxygens (including phenoxy) is 3. The van der Waals surface area contributed by atoms with Gasteiger partial charge in [0.15, 0.2) is 11.5 Å². The Balaban J connectivity index is 0.000000185. The Morgan fingerprint density at radius 2 is 1.42 bits per heavy atom. The molecule has 3 aliphatic heterocycles. The van der Waals surface area contributed by atoms with Gasteiger partial charge in [0.2, 0.25) is 6.79 Å². The van der Waals surface area contributed by atoms with E-state index < -0.39 is 41.3 Å². The maximum atomic E-state index is 13.5. The summed E-state index contributed by atoms with van der Waals surface area (Å²) in [6, 6.07) is 47.0. The molecule has 16 heteroatoms. The molecule has 3 aliphatic rings. The van der Waals surface area contributed by atoms with Crippen LogP contribution in [0.15, 0.2) is 190 Å². The summed E-state index contributed by atoms with van der Waals surface area (Å²) in [6.07, 6.45) is -2.00. The topological polar surface area (TPSA) is 145 Å². The normalized spacial score (nSPS) is 17.2. The van der Waals surface area contributed by atoms with Gasteiger partial charge in [-0.05, 0) is 86.8 Å². The number of halogens is 3. The molecule has 77 heavy (non-hydrogen) atoms. The van der Waals surface area contributed by atoms with E-state index in [0.29, 0.717) is 56.5 Å². The Morgan fingerprint density at radius 1 is 0.753 bits per heavy atom. The van der Waals surface area contributed by atoms with E-state index in [4.69, 9.17) is 14.2 Å². The molecule has 11 rings (SSSR count). The first-order valence-electron chi connectivity index (χ1n) is 24.6. The highest BCUT2D eigenvalue weighted by molar-refractivity contribution is 8.03. The van der Waals surface area contributed by atoms with Gasteiger partial charge in [-0.25, -0.2) is 9.59 Å². The molecule has 0 radical (unpaired) electrons. The lowest BCUT2D eigenvalue weighted by Crippen LogP contribution is -2.35.